The van der Waals surface area contributed by atoms with E-state index < -0.39 is 9.84 Å². The molecule has 0 saturated heterocycles. The summed E-state index contributed by atoms with van der Waals surface area (Å²) in [5, 5.41) is 8.66. The van der Waals surface area contributed by atoms with Gasteiger partial charge >= 0.3 is 0 Å². The van der Waals surface area contributed by atoms with Gasteiger partial charge in [0.05, 0.1) is 12.4 Å². The molecule has 4 nitrogen and oxygen atoms in total. The van der Waals surface area contributed by atoms with Gasteiger partial charge in [-0.05, 0) is 30.8 Å². The summed E-state index contributed by atoms with van der Waals surface area (Å²) in [6.07, 6.45) is 1.54. The lowest BCUT2D eigenvalue weighted by atomic mass is 10.1. The van der Waals surface area contributed by atoms with Crippen LogP contribution in [0, 0.1) is 17.7 Å². The topological polar surface area (TPSA) is 57.6 Å². The van der Waals surface area contributed by atoms with Gasteiger partial charge in [0, 0.05) is 31.3 Å². The normalized spacial score (nSPS) is 11.3. The van der Waals surface area contributed by atoms with Crippen molar-refractivity contribution in [3.05, 3.63) is 35.1 Å². The van der Waals surface area contributed by atoms with Crippen LogP contribution in [-0.2, 0) is 16.4 Å². The maximum Gasteiger partial charge on any atom is 0.148 e. The summed E-state index contributed by atoms with van der Waals surface area (Å²) in [5.41, 5.74) is 1.29. The van der Waals surface area contributed by atoms with E-state index in [1.54, 1.807) is 13.1 Å². The number of aliphatic hydroxyl groups is 1. The number of hydrogen-bond acceptors (Lipinski definition) is 4. The van der Waals surface area contributed by atoms with Crippen LogP contribution in [0.2, 0.25) is 0 Å². The number of sulfone groups is 1. The van der Waals surface area contributed by atoms with Crippen LogP contribution in [0.5, 0.6) is 0 Å². The third kappa shape index (κ3) is 7.81. The third-order valence-corrected chi connectivity index (χ3v) is 3.65. The molecule has 0 spiro atoms. The van der Waals surface area contributed by atoms with Gasteiger partial charge in [-0.15, -0.1) is 0 Å². The van der Waals surface area contributed by atoms with Gasteiger partial charge in [-0.1, -0.05) is 11.8 Å². The second-order valence-corrected chi connectivity index (χ2v) is 7.25. The second-order valence-electron chi connectivity index (χ2n) is 4.99. The van der Waals surface area contributed by atoms with E-state index in [-0.39, 0.29) is 18.2 Å². The van der Waals surface area contributed by atoms with E-state index in [0.29, 0.717) is 25.1 Å². The van der Waals surface area contributed by atoms with Crippen molar-refractivity contribution in [2.45, 2.75) is 13.0 Å². The summed E-state index contributed by atoms with van der Waals surface area (Å²) < 4.78 is 35.8. The molecule has 0 aliphatic carbocycles. The second kappa shape index (κ2) is 8.13. The Morgan fingerprint density at radius 2 is 2.05 bits per heavy atom. The van der Waals surface area contributed by atoms with E-state index >= 15 is 0 Å². The summed E-state index contributed by atoms with van der Waals surface area (Å²) in [7, 11) is -1.22. The van der Waals surface area contributed by atoms with Crippen molar-refractivity contribution in [1.29, 1.82) is 0 Å². The zero-order valence-electron chi connectivity index (χ0n) is 12.3. The minimum absolute atomic E-state index is 0.0244. The molecule has 1 rings (SSSR count). The Kier molecular flexibility index (Phi) is 6.82. The predicted octanol–water partition coefficient (Wildman–Crippen LogP) is 1.04. The van der Waals surface area contributed by atoms with Crippen LogP contribution in [-0.4, -0.2) is 50.6 Å². The Bertz CT molecular complexity index is 632. The van der Waals surface area contributed by atoms with Crippen LogP contribution >= 0.6 is 0 Å². The number of aliphatic hydroxyl groups excluding tert-OH is 1. The molecule has 0 bridgehead atoms. The van der Waals surface area contributed by atoms with Crippen molar-refractivity contribution in [2.75, 3.05) is 32.2 Å². The summed E-state index contributed by atoms with van der Waals surface area (Å²) in [6, 6.07) is 4.52. The minimum Gasteiger partial charge on any atom is -0.395 e. The molecule has 0 heterocycles. The Morgan fingerprint density at radius 1 is 1.33 bits per heavy atom. The molecule has 0 fully saturated rings. The van der Waals surface area contributed by atoms with Gasteiger partial charge in [0.15, 0.2) is 0 Å². The first-order valence-corrected chi connectivity index (χ1v) is 8.61. The lowest BCUT2D eigenvalue weighted by molar-refractivity contribution is 0.305. The standard InChI is InChI=1S/C15H20FNO3S/c1-17(6-8-21(2,19)20)12-14-9-13(5-3-4-7-18)10-15(16)11-14/h9-11,18H,4,6-8,12H2,1-2H3. The van der Waals surface area contributed by atoms with Crippen LogP contribution in [0.3, 0.4) is 0 Å². The monoisotopic (exact) mass is 313 g/mol. The van der Waals surface area contributed by atoms with Gasteiger partial charge in [0.2, 0.25) is 0 Å². The first kappa shape index (κ1) is 17.6. The largest absolute Gasteiger partial charge is 0.395 e. The number of benzene rings is 1. The van der Waals surface area contributed by atoms with Gasteiger partial charge in [-0.3, -0.25) is 0 Å². The maximum absolute atomic E-state index is 13.5. The minimum atomic E-state index is -3.00. The van der Waals surface area contributed by atoms with Crippen molar-refractivity contribution >= 4 is 9.84 Å². The van der Waals surface area contributed by atoms with E-state index in [2.05, 4.69) is 11.8 Å². The number of hydrogen-bond donors (Lipinski definition) is 1. The average Bonchev–Trinajstić information content (AvgIpc) is 2.35. The summed E-state index contributed by atoms with van der Waals surface area (Å²) in [4.78, 5) is 1.82. The summed E-state index contributed by atoms with van der Waals surface area (Å²) in [6.45, 7) is 0.812. The van der Waals surface area contributed by atoms with Crippen molar-refractivity contribution < 1.29 is 17.9 Å². The van der Waals surface area contributed by atoms with Crippen LogP contribution in [0.4, 0.5) is 4.39 Å². The van der Waals surface area contributed by atoms with Crippen LogP contribution in [0.25, 0.3) is 0 Å². The van der Waals surface area contributed by atoms with Crippen LogP contribution in [0.15, 0.2) is 18.2 Å². The lowest BCUT2D eigenvalue weighted by Crippen LogP contribution is -2.25. The maximum atomic E-state index is 13.5. The molecule has 1 N–H and O–H groups in total. The molecule has 0 unspecified atom stereocenters. The molecule has 1 aromatic carbocycles. The van der Waals surface area contributed by atoms with Crippen molar-refractivity contribution in [3.8, 4) is 11.8 Å². The SMILES string of the molecule is CN(CCS(C)(=O)=O)Cc1cc(F)cc(C#CCCO)c1. The molecule has 6 heteroatoms. The van der Waals surface area contributed by atoms with Crippen molar-refractivity contribution in [2.24, 2.45) is 0 Å². The third-order valence-electron chi connectivity index (χ3n) is 2.72. The number of rotatable bonds is 6. The first-order chi connectivity index (χ1) is 9.80. The smallest absolute Gasteiger partial charge is 0.148 e. The molecule has 0 atom stereocenters. The van der Waals surface area contributed by atoms with E-state index in [9.17, 15) is 12.8 Å². The van der Waals surface area contributed by atoms with Gasteiger partial charge in [-0.2, -0.15) is 0 Å². The van der Waals surface area contributed by atoms with E-state index in [0.717, 1.165) is 5.56 Å². The molecule has 21 heavy (non-hydrogen) atoms. The fourth-order valence-electron chi connectivity index (χ4n) is 1.75. The lowest BCUT2D eigenvalue weighted by Gasteiger charge is -2.16. The highest BCUT2D eigenvalue weighted by atomic mass is 32.2. The van der Waals surface area contributed by atoms with Gasteiger partial charge in [0.25, 0.3) is 0 Å². The molecule has 0 aromatic heterocycles. The zero-order valence-corrected chi connectivity index (χ0v) is 13.1. The van der Waals surface area contributed by atoms with E-state index in [4.69, 9.17) is 5.11 Å². The Hall–Kier alpha value is -1.42. The molecule has 116 valence electrons. The highest BCUT2D eigenvalue weighted by Gasteiger charge is 2.07. The number of halogens is 1. The van der Waals surface area contributed by atoms with Crippen molar-refractivity contribution in [3.63, 3.8) is 0 Å². The molecular weight excluding hydrogens is 293 g/mol. The Balaban J connectivity index is 2.73. The van der Waals surface area contributed by atoms with Crippen LogP contribution in [0.1, 0.15) is 17.5 Å². The molecule has 1 aromatic rings. The molecule has 0 aliphatic heterocycles. The molecule has 0 amide bonds. The van der Waals surface area contributed by atoms with E-state index in [1.165, 1.54) is 18.4 Å². The first-order valence-electron chi connectivity index (χ1n) is 6.55. The fraction of sp³-hybridized carbons (Fsp3) is 0.467. The fourth-order valence-corrected chi connectivity index (χ4v) is 2.39. The zero-order chi connectivity index (χ0) is 15.9. The summed E-state index contributed by atoms with van der Waals surface area (Å²) >= 11 is 0. The van der Waals surface area contributed by atoms with E-state index in [1.807, 2.05) is 4.90 Å². The molecule has 0 aliphatic rings. The predicted molar refractivity (Wildman–Crippen MR) is 81.0 cm³/mol. The van der Waals surface area contributed by atoms with Gasteiger partial charge in [0.1, 0.15) is 15.7 Å². The Labute approximate surface area is 125 Å². The van der Waals surface area contributed by atoms with Crippen molar-refractivity contribution in [1.82, 2.24) is 4.90 Å². The highest BCUT2D eigenvalue weighted by molar-refractivity contribution is 7.90. The van der Waals surface area contributed by atoms with Gasteiger partial charge in [-0.25, -0.2) is 12.8 Å². The van der Waals surface area contributed by atoms with Crippen LogP contribution < -0.4 is 0 Å². The average molecular weight is 313 g/mol. The number of nitrogens with zero attached hydrogens (tertiary/aromatic N) is 1. The Morgan fingerprint density at radius 3 is 2.67 bits per heavy atom. The molecular formula is C15H20FNO3S. The molecule has 0 radical (unpaired) electrons. The molecule has 0 saturated carbocycles. The highest BCUT2D eigenvalue weighted by Crippen LogP contribution is 2.10. The quantitative estimate of drug-likeness (QED) is 0.797. The summed E-state index contributed by atoms with van der Waals surface area (Å²) in [5.74, 6) is 5.23. The van der Waals surface area contributed by atoms with Gasteiger partial charge < -0.3 is 10.0 Å².